The predicted molar refractivity (Wildman–Crippen MR) is 123 cm³/mol. The van der Waals surface area contributed by atoms with Crippen LogP contribution in [0.4, 0.5) is 0 Å². The van der Waals surface area contributed by atoms with Crippen molar-refractivity contribution in [3.8, 4) is 11.5 Å². The van der Waals surface area contributed by atoms with Gasteiger partial charge in [-0.3, -0.25) is 14.4 Å². The Morgan fingerprint density at radius 2 is 1.92 bits per heavy atom. The van der Waals surface area contributed by atoms with Crippen molar-refractivity contribution in [1.29, 1.82) is 0 Å². The van der Waals surface area contributed by atoms with Gasteiger partial charge in [-0.2, -0.15) is 0 Å². The highest BCUT2D eigenvalue weighted by Crippen LogP contribution is 2.67. The Morgan fingerprint density at radius 3 is 2.62 bits per heavy atom. The van der Waals surface area contributed by atoms with E-state index in [0.717, 1.165) is 30.4 Å². The lowest BCUT2D eigenvalue weighted by molar-refractivity contribution is -0.168. The molecule has 0 unspecified atom stereocenters. The molecule has 1 saturated carbocycles. The minimum atomic E-state index is -1.85. The van der Waals surface area contributed by atoms with Crippen molar-refractivity contribution in [1.82, 2.24) is 0 Å². The van der Waals surface area contributed by atoms with Crippen molar-refractivity contribution >= 4 is 23.9 Å². The lowest BCUT2D eigenvalue weighted by atomic mass is 9.47. The molecule has 37 heavy (non-hydrogen) atoms. The molecule has 4 aliphatic rings. The van der Waals surface area contributed by atoms with Gasteiger partial charge in [-0.1, -0.05) is 12.5 Å². The quantitative estimate of drug-likeness (QED) is 0.410. The smallest absolute Gasteiger partial charge is 0.345 e. The summed E-state index contributed by atoms with van der Waals surface area (Å²) in [5, 5.41) is 29.8. The van der Waals surface area contributed by atoms with Gasteiger partial charge in [-0.25, -0.2) is 4.79 Å². The first-order valence-electron chi connectivity index (χ1n) is 12.2. The molecule has 1 aromatic carbocycles. The number of carbonyl (C=O) groups excluding carboxylic acids is 2. The van der Waals surface area contributed by atoms with Crippen molar-refractivity contribution in [3.05, 3.63) is 35.1 Å². The van der Waals surface area contributed by atoms with Gasteiger partial charge in [0.05, 0.1) is 37.4 Å². The monoisotopic (exact) mass is 516 g/mol. The van der Waals surface area contributed by atoms with Crippen molar-refractivity contribution < 1.29 is 53.4 Å². The molecule has 0 saturated heterocycles. The van der Waals surface area contributed by atoms with E-state index >= 15 is 0 Å². The van der Waals surface area contributed by atoms with Gasteiger partial charge in [-0.15, -0.1) is 0 Å². The maximum Gasteiger partial charge on any atom is 0.345 e. The number of rotatable bonds is 9. The average molecular weight is 516 g/mol. The second-order valence-corrected chi connectivity index (χ2v) is 10.0. The van der Waals surface area contributed by atoms with E-state index in [0.29, 0.717) is 17.9 Å². The molecule has 2 bridgehead atoms. The van der Waals surface area contributed by atoms with Crippen LogP contribution in [0.1, 0.15) is 56.1 Å². The first-order chi connectivity index (χ1) is 17.6. The molecule has 198 valence electrons. The summed E-state index contributed by atoms with van der Waals surface area (Å²) in [6.45, 7) is 0. The zero-order valence-electron chi connectivity index (χ0n) is 20.2. The van der Waals surface area contributed by atoms with Gasteiger partial charge in [0.1, 0.15) is 5.76 Å². The van der Waals surface area contributed by atoms with Gasteiger partial charge >= 0.3 is 23.9 Å². The molecule has 0 aromatic heterocycles. The zero-order chi connectivity index (χ0) is 26.5. The van der Waals surface area contributed by atoms with Crippen LogP contribution >= 0.6 is 0 Å². The maximum absolute atomic E-state index is 12.7. The summed E-state index contributed by atoms with van der Waals surface area (Å²) in [4.78, 5) is 46.6. The molecule has 0 amide bonds. The molecule has 1 aromatic rings. The van der Waals surface area contributed by atoms with E-state index in [-0.39, 0.29) is 18.1 Å². The third-order valence-electron chi connectivity index (χ3n) is 8.14. The minimum Gasteiger partial charge on any atom is -0.493 e. The van der Waals surface area contributed by atoms with Crippen LogP contribution in [0.5, 0.6) is 11.5 Å². The molecule has 1 heterocycles. The van der Waals surface area contributed by atoms with Gasteiger partial charge in [0.2, 0.25) is 6.10 Å². The van der Waals surface area contributed by atoms with Crippen molar-refractivity contribution in [2.75, 3.05) is 7.11 Å². The number of hydrogen-bond acceptors (Lipinski definition) is 9. The highest BCUT2D eigenvalue weighted by atomic mass is 16.6. The van der Waals surface area contributed by atoms with Crippen LogP contribution in [0.15, 0.2) is 24.0 Å². The molecule has 1 aliphatic heterocycles. The summed E-state index contributed by atoms with van der Waals surface area (Å²) in [7, 11) is 1.54. The summed E-state index contributed by atoms with van der Waals surface area (Å²) < 4.78 is 22.2. The second kappa shape index (κ2) is 9.05. The number of carbonyl (C=O) groups is 4. The van der Waals surface area contributed by atoms with Gasteiger partial charge in [0, 0.05) is 5.56 Å². The lowest BCUT2D eigenvalue weighted by Gasteiger charge is -2.59. The fourth-order valence-corrected chi connectivity index (χ4v) is 6.62. The van der Waals surface area contributed by atoms with E-state index in [1.165, 1.54) is 0 Å². The largest absolute Gasteiger partial charge is 0.493 e. The number of esters is 2. The van der Waals surface area contributed by atoms with E-state index in [1.807, 2.05) is 12.1 Å². The highest BCUT2D eigenvalue weighted by molar-refractivity contribution is 5.84. The van der Waals surface area contributed by atoms with Gasteiger partial charge in [0.15, 0.2) is 17.6 Å². The van der Waals surface area contributed by atoms with Crippen LogP contribution in [-0.2, 0) is 40.5 Å². The Kier molecular flexibility index (Phi) is 6.13. The number of methoxy groups -OCH3 is 1. The van der Waals surface area contributed by atoms with Crippen LogP contribution in [-0.4, -0.2) is 64.1 Å². The van der Waals surface area contributed by atoms with E-state index in [4.69, 9.17) is 24.4 Å². The van der Waals surface area contributed by atoms with E-state index in [2.05, 4.69) is 4.74 Å². The van der Waals surface area contributed by atoms with E-state index < -0.39 is 66.4 Å². The van der Waals surface area contributed by atoms with Crippen LogP contribution in [0.3, 0.4) is 0 Å². The Balaban J connectivity index is 1.33. The topological polar surface area (TPSA) is 166 Å². The fourth-order valence-electron chi connectivity index (χ4n) is 6.62. The molecular formula is C26H28O11. The minimum absolute atomic E-state index is 0.0375. The highest BCUT2D eigenvalue weighted by Gasteiger charge is 2.70. The van der Waals surface area contributed by atoms with Crippen LogP contribution in [0, 0.1) is 5.92 Å². The molecule has 11 nitrogen and oxygen atoms in total. The SMILES string of the molecule is COc1ccc2c3c1O[C@@H]1C(OC(=O)CCC(=O)O[C@@H](CC(=O)O)C(=O)O)=CC[C@]4(O)[C@@H](CCC[C@@]314)C2. The Labute approximate surface area is 212 Å². The van der Waals surface area contributed by atoms with Crippen molar-refractivity contribution in [3.63, 3.8) is 0 Å². The fraction of sp³-hybridized carbons (Fsp3) is 0.538. The number of aliphatic carboxylic acids is 2. The predicted octanol–water partition coefficient (Wildman–Crippen LogP) is 1.86. The maximum atomic E-state index is 12.7. The van der Waals surface area contributed by atoms with Crippen molar-refractivity contribution in [2.45, 2.75) is 74.6 Å². The van der Waals surface area contributed by atoms with E-state index in [1.54, 1.807) is 13.2 Å². The molecule has 1 spiro atoms. The molecule has 3 N–H and O–H groups in total. The summed E-state index contributed by atoms with van der Waals surface area (Å²) >= 11 is 0. The molecule has 5 atom stereocenters. The molecule has 0 radical (unpaired) electrons. The standard InChI is InChI=1S/C26H28O11/c1-34-15-5-4-13-11-14-3-2-9-25-21(13)22(15)37-23(25)16(8-10-26(14,25)33)35-19(29)6-7-20(30)36-17(24(31)32)12-18(27)28/h4-5,8,14,17,23,33H,2-3,6-7,9-12H2,1H3,(H,27,28)(H,31,32)/t14-,17-,23+,25+,26-/m0/s1. The van der Waals surface area contributed by atoms with Gasteiger partial charge in [0.25, 0.3) is 0 Å². The number of benzene rings is 1. The average Bonchev–Trinajstić information content (AvgIpc) is 3.18. The summed E-state index contributed by atoms with van der Waals surface area (Å²) in [6.07, 6.45) is 0.718. The van der Waals surface area contributed by atoms with Gasteiger partial charge < -0.3 is 34.3 Å². The number of carboxylic acids is 2. The van der Waals surface area contributed by atoms with Crippen LogP contribution in [0.2, 0.25) is 0 Å². The lowest BCUT2D eigenvalue weighted by Crippen LogP contribution is -2.67. The molecule has 3 aliphatic carbocycles. The number of ether oxygens (including phenoxy) is 4. The Bertz CT molecular complexity index is 1200. The van der Waals surface area contributed by atoms with E-state index in [9.17, 15) is 24.3 Å². The molecule has 11 heteroatoms. The summed E-state index contributed by atoms with van der Waals surface area (Å²) in [5.74, 6) is -3.44. The molecule has 5 rings (SSSR count). The van der Waals surface area contributed by atoms with Crippen LogP contribution in [0.25, 0.3) is 0 Å². The third kappa shape index (κ3) is 3.83. The van der Waals surface area contributed by atoms with Crippen LogP contribution < -0.4 is 9.47 Å². The molecule has 1 fully saturated rings. The summed E-state index contributed by atoms with van der Waals surface area (Å²) in [5.41, 5.74) is 0.161. The third-order valence-corrected chi connectivity index (χ3v) is 8.14. The number of carboxylic acid groups (broad SMARTS) is 2. The normalized spacial score (nSPS) is 29.2. The zero-order valence-corrected chi connectivity index (χ0v) is 20.2. The van der Waals surface area contributed by atoms with Gasteiger partial charge in [-0.05, 0) is 49.3 Å². The Hall–Kier alpha value is -3.60. The number of aliphatic hydroxyl groups is 1. The first kappa shape index (κ1) is 25.1. The van der Waals surface area contributed by atoms with Crippen molar-refractivity contribution in [2.24, 2.45) is 5.92 Å². The summed E-state index contributed by atoms with van der Waals surface area (Å²) in [6, 6.07) is 3.85. The second-order valence-electron chi connectivity index (χ2n) is 10.0. The first-order valence-corrected chi connectivity index (χ1v) is 12.2. The molecular weight excluding hydrogens is 488 g/mol. The Morgan fingerprint density at radius 1 is 1.16 bits per heavy atom. The number of hydrogen-bond donors (Lipinski definition) is 3.